The standard InChI is InChI=1S/C20H28N2O4/c1-13-5-4-6-18(14(13)2)22-19(24)12-26-20(25)17-9-7-16(8-10-17)11-21-15(3)23/h7-10,13-14,18H,4-6,11-12H2,1-3H3,(H,21,23)(H,22,24). The Morgan fingerprint density at radius 1 is 1.12 bits per heavy atom. The van der Waals surface area contributed by atoms with Crippen LogP contribution in [0.4, 0.5) is 0 Å². The van der Waals surface area contributed by atoms with Gasteiger partial charge in [-0.2, -0.15) is 0 Å². The summed E-state index contributed by atoms with van der Waals surface area (Å²) in [6, 6.07) is 6.90. The van der Waals surface area contributed by atoms with Gasteiger partial charge in [0, 0.05) is 19.5 Å². The predicted molar refractivity (Wildman–Crippen MR) is 98.4 cm³/mol. The molecule has 0 heterocycles. The quantitative estimate of drug-likeness (QED) is 0.763. The van der Waals surface area contributed by atoms with Gasteiger partial charge in [-0.05, 0) is 36.0 Å². The number of rotatable bonds is 6. The summed E-state index contributed by atoms with van der Waals surface area (Å²) in [5.74, 6) is 0.121. The molecule has 2 rings (SSSR count). The summed E-state index contributed by atoms with van der Waals surface area (Å²) in [6.07, 6.45) is 3.28. The van der Waals surface area contributed by atoms with Crippen molar-refractivity contribution in [2.45, 2.75) is 52.6 Å². The molecule has 0 aromatic heterocycles. The number of hydrogen-bond acceptors (Lipinski definition) is 4. The van der Waals surface area contributed by atoms with Crippen molar-refractivity contribution >= 4 is 17.8 Å². The van der Waals surface area contributed by atoms with Crippen LogP contribution in [0.1, 0.15) is 56.0 Å². The van der Waals surface area contributed by atoms with Crippen LogP contribution in [-0.4, -0.2) is 30.4 Å². The SMILES string of the molecule is CC(=O)NCc1ccc(C(=O)OCC(=O)NC2CCCC(C)C2C)cc1. The van der Waals surface area contributed by atoms with Gasteiger partial charge in [0.1, 0.15) is 0 Å². The second-order valence-corrected chi connectivity index (χ2v) is 7.12. The molecule has 3 atom stereocenters. The van der Waals surface area contributed by atoms with E-state index in [2.05, 4.69) is 24.5 Å². The summed E-state index contributed by atoms with van der Waals surface area (Å²) in [4.78, 5) is 35.0. The van der Waals surface area contributed by atoms with Gasteiger partial charge in [0.25, 0.3) is 5.91 Å². The first-order valence-corrected chi connectivity index (χ1v) is 9.16. The van der Waals surface area contributed by atoms with Crippen LogP contribution in [0.3, 0.4) is 0 Å². The molecule has 1 saturated carbocycles. The van der Waals surface area contributed by atoms with Crippen molar-refractivity contribution in [3.05, 3.63) is 35.4 Å². The molecule has 1 fully saturated rings. The molecule has 0 saturated heterocycles. The highest BCUT2D eigenvalue weighted by molar-refractivity contribution is 5.91. The van der Waals surface area contributed by atoms with Gasteiger partial charge in [0.05, 0.1) is 5.56 Å². The van der Waals surface area contributed by atoms with Gasteiger partial charge < -0.3 is 15.4 Å². The molecule has 1 aliphatic carbocycles. The van der Waals surface area contributed by atoms with Gasteiger partial charge in [-0.15, -0.1) is 0 Å². The molecule has 142 valence electrons. The van der Waals surface area contributed by atoms with E-state index in [1.54, 1.807) is 24.3 Å². The summed E-state index contributed by atoms with van der Waals surface area (Å²) < 4.78 is 5.11. The Balaban J connectivity index is 1.78. The van der Waals surface area contributed by atoms with Gasteiger partial charge in [-0.25, -0.2) is 4.79 Å². The molecule has 2 N–H and O–H groups in total. The molecular formula is C20H28N2O4. The Hall–Kier alpha value is -2.37. The number of esters is 1. The van der Waals surface area contributed by atoms with Crippen molar-refractivity contribution < 1.29 is 19.1 Å². The topological polar surface area (TPSA) is 84.5 Å². The third kappa shape index (κ3) is 5.86. The third-order valence-corrected chi connectivity index (χ3v) is 5.12. The van der Waals surface area contributed by atoms with Gasteiger partial charge in [-0.3, -0.25) is 9.59 Å². The van der Waals surface area contributed by atoms with E-state index < -0.39 is 5.97 Å². The Labute approximate surface area is 154 Å². The molecule has 1 aromatic carbocycles. The molecule has 6 heteroatoms. The molecule has 0 aliphatic heterocycles. The Kier molecular flexibility index (Phi) is 7.18. The lowest BCUT2D eigenvalue weighted by Crippen LogP contribution is -2.45. The number of carbonyl (C=O) groups is 3. The summed E-state index contributed by atoms with van der Waals surface area (Å²) >= 11 is 0. The van der Waals surface area contributed by atoms with Crippen LogP contribution in [-0.2, 0) is 20.9 Å². The van der Waals surface area contributed by atoms with Gasteiger partial charge in [-0.1, -0.05) is 38.8 Å². The lowest BCUT2D eigenvalue weighted by molar-refractivity contribution is -0.125. The van der Waals surface area contributed by atoms with E-state index in [9.17, 15) is 14.4 Å². The molecule has 6 nitrogen and oxygen atoms in total. The number of ether oxygens (including phenoxy) is 1. The zero-order valence-electron chi connectivity index (χ0n) is 15.7. The molecule has 0 bridgehead atoms. The lowest BCUT2D eigenvalue weighted by Gasteiger charge is -2.34. The minimum Gasteiger partial charge on any atom is -0.452 e. The Morgan fingerprint density at radius 2 is 1.81 bits per heavy atom. The predicted octanol–water partition coefficient (Wildman–Crippen LogP) is 2.42. The fourth-order valence-corrected chi connectivity index (χ4v) is 3.23. The molecule has 1 aliphatic rings. The number of carbonyl (C=O) groups excluding carboxylic acids is 3. The monoisotopic (exact) mass is 360 g/mol. The molecular weight excluding hydrogens is 332 g/mol. The average Bonchev–Trinajstić information content (AvgIpc) is 2.62. The number of nitrogens with one attached hydrogen (secondary N) is 2. The van der Waals surface area contributed by atoms with Crippen LogP contribution in [0, 0.1) is 11.8 Å². The van der Waals surface area contributed by atoms with Crippen LogP contribution in [0.2, 0.25) is 0 Å². The minimum absolute atomic E-state index is 0.110. The first kappa shape index (κ1) is 19.9. The molecule has 0 radical (unpaired) electrons. The van der Waals surface area contributed by atoms with E-state index in [0.717, 1.165) is 18.4 Å². The summed E-state index contributed by atoms with van der Waals surface area (Å²) in [6.45, 7) is 5.95. The van der Waals surface area contributed by atoms with Crippen LogP contribution in [0.15, 0.2) is 24.3 Å². The molecule has 1 aromatic rings. The summed E-state index contributed by atoms with van der Waals surface area (Å²) in [7, 11) is 0. The molecule has 2 amide bonds. The highest BCUT2D eigenvalue weighted by Gasteiger charge is 2.28. The first-order chi connectivity index (χ1) is 12.4. The van der Waals surface area contributed by atoms with Crippen LogP contribution in [0.25, 0.3) is 0 Å². The molecule has 3 unspecified atom stereocenters. The summed E-state index contributed by atoms with van der Waals surface area (Å²) in [5.41, 5.74) is 1.26. The minimum atomic E-state index is -0.531. The van der Waals surface area contributed by atoms with Crippen molar-refractivity contribution in [3.63, 3.8) is 0 Å². The van der Waals surface area contributed by atoms with Gasteiger partial charge in [0.15, 0.2) is 6.61 Å². The fourth-order valence-electron chi connectivity index (χ4n) is 3.23. The maximum atomic E-state index is 12.1. The van der Waals surface area contributed by atoms with E-state index in [0.29, 0.717) is 23.9 Å². The molecule has 0 spiro atoms. The average molecular weight is 360 g/mol. The number of amides is 2. The van der Waals surface area contributed by atoms with Crippen LogP contribution >= 0.6 is 0 Å². The van der Waals surface area contributed by atoms with Gasteiger partial charge in [0.2, 0.25) is 5.91 Å². The largest absolute Gasteiger partial charge is 0.452 e. The fraction of sp³-hybridized carbons (Fsp3) is 0.550. The van der Waals surface area contributed by atoms with Crippen LogP contribution in [0.5, 0.6) is 0 Å². The first-order valence-electron chi connectivity index (χ1n) is 9.16. The maximum absolute atomic E-state index is 12.1. The van der Waals surface area contributed by atoms with E-state index in [1.165, 1.54) is 13.3 Å². The maximum Gasteiger partial charge on any atom is 0.338 e. The smallest absolute Gasteiger partial charge is 0.338 e. The highest BCUT2D eigenvalue weighted by Crippen LogP contribution is 2.29. The number of hydrogen-bond donors (Lipinski definition) is 2. The van der Waals surface area contributed by atoms with Crippen molar-refractivity contribution in [1.29, 1.82) is 0 Å². The van der Waals surface area contributed by atoms with E-state index >= 15 is 0 Å². The zero-order chi connectivity index (χ0) is 19.1. The third-order valence-electron chi connectivity index (χ3n) is 5.12. The van der Waals surface area contributed by atoms with Crippen molar-refractivity contribution in [2.24, 2.45) is 11.8 Å². The zero-order valence-corrected chi connectivity index (χ0v) is 15.7. The Bertz CT molecular complexity index is 642. The Morgan fingerprint density at radius 3 is 2.46 bits per heavy atom. The normalized spacial score (nSPS) is 22.3. The number of benzene rings is 1. The highest BCUT2D eigenvalue weighted by atomic mass is 16.5. The van der Waals surface area contributed by atoms with E-state index in [1.807, 2.05) is 0 Å². The molecule has 26 heavy (non-hydrogen) atoms. The van der Waals surface area contributed by atoms with E-state index in [4.69, 9.17) is 4.74 Å². The van der Waals surface area contributed by atoms with Crippen molar-refractivity contribution in [2.75, 3.05) is 6.61 Å². The van der Waals surface area contributed by atoms with Crippen molar-refractivity contribution in [3.8, 4) is 0 Å². The second kappa shape index (κ2) is 9.36. The van der Waals surface area contributed by atoms with E-state index in [-0.39, 0.29) is 24.5 Å². The van der Waals surface area contributed by atoms with Crippen LogP contribution < -0.4 is 10.6 Å². The lowest BCUT2D eigenvalue weighted by atomic mass is 9.78. The van der Waals surface area contributed by atoms with Gasteiger partial charge >= 0.3 is 5.97 Å². The second-order valence-electron chi connectivity index (χ2n) is 7.12. The van der Waals surface area contributed by atoms with Crippen molar-refractivity contribution in [1.82, 2.24) is 10.6 Å². The summed E-state index contributed by atoms with van der Waals surface area (Å²) in [5, 5.41) is 5.67.